The lowest BCUT2D eigenvalue weighted by molar-refractivity contribution is -0.121. The van der Waals surface area contributed by atoms with E-state index in [2.05, 4.69) is 5.32 Å². The number of likely N-dealkylation sites (N-methyl/N-ethyl adjacent to an activating group) is 1. The SMILES string of the molecule is CCCN(CC(=O)NC)C(=O)c1cccc(N)c1Cl. The molecule has 0 atom stereocenters. The van der Waals surface area contributed by atoms with Gasteiger partial charge in [0.2, 0.25) is 5.91 Å². The quantitative estimate of drug-likeness (QED) is 0.805. The van der Waals surface area contributed by atoms with Gasteiger partial charge in [0.15, 0.2) is 0 Å². The maximum Gasteiger partial charge on any atom is 0.255 e. The predicted molar refractivity (Wildman–Crippen MR) is 76.1 cm³/mol. The Bertz CT molecular complexity index is 477. The van der Waals surface area contributed by atoms with Crippen LogP contribution in [0.5, 0.6) is 0 Å². The first-order chi connectivity index (χ1) is 9.01. The van der Waals surface area contributed by atoms with E-state index in [1.807, 2.05) is 6.92 Å². The lowest BCUT2D eigenvalue weighted by atomic mass is 10.1. The van der Waals surface area contributed by atoms with Crippen LogP contribution in [0.4, 0.5) is 5.69 Å². The summed E-state index contributed by atoms with van der Waals surface area (Å²) in [7, 11) is 1.53. The van der Waals surface area contributed by atoms with Crippen LogP contribution in [0.1, 0.15) is 23.7 Å². The number of benzene rings is 1. The minimum atomic E-state index is -0.289. The van der Waals surface area contributed by atoms with Gasteiger partial charge in [0.05, 0.1) is 22.8 Å². The molecule has 1 rings (SSSR count). The highest BCUT2D eigenvalue weighted by Crippen LogP contribution is 2.24. The van der Waals surface area contributed by atoms with Crippen LogP contribution in [0, 0.1) is 0 Å². The molecule has 1 aromatic carbocycles. The highest BCUT2D eigenvalue weighted by molar-refractivity contribution is 6.36. The summed E-state index contributed by atoms with van der Waals surface area (Å²) in [5, 5.41) is 2.72. The molecular weight excluding hydrogens is 266 g/mol. The Morgan fingerprint density at radius 2 is 2.11 bits per heavy atom. The van der Waals surface area contributed by atoms with E-state index >= 15 is 0 Å². The molecule has 0 spiro atoms. The van der Waals surface area contributed by atoms with E-state index in [9.17, 15) is 9.59 Å². The van der Waals surface area contributed by atoms with Crippen molar-refractivity contribution in [3.8, 4) is 0 Å². The van der Waals surface area contributed by atoms with Crippen LogP contribution >= 0.6 is 11.6 Å². The second-order valence-corrected chi connectivity index (χ2v) is 4.49. The van der Waals surface area contributed by atoms with E-state index in [1.54, 1.807) is 18.2 Å². The number of carbonyl (C=O) groups is 2. The fourth-order valence-electron chi connectivity index (χ4n) is 1.66. The van der Waals surface area contributed by atoms with E-state index in [0.29, 0.717) is 17.8 Å². The van der Waals surface area contributed by atoms with Crippen LogP contribution in [0.2, 0.25) is 5.02 Å². The molecule has 104 valence electrons. The van der Waals surface area contributed by atoms with Gasteiger partial charge in [-0.2, -0.15) is 0 Å². The molecule has 0 aliphatic rings. The minimum absolute atomic E-state index is 0.00824. The largest absolute Gasteiger partial charge is 0.398 e. The van der Waals surface area contributed by atoms with Crippen molar-refractivity contribution >= 4 is 29.1 Å². The van der Waals surface area contributed by atoms with Crippen molar-refractivity contribution in [2.75, 3.05) is 25.9 Å². The maximum absolute atomic E-state index is 12.4. The first-order valence-electron chi connectivity index (χ1n) is 6.05. The van der Waals surface area contributed by atoms with Gasteiger partial charge >= 0.3 is 0 Å². The molecule has 0 aromatic heterocycles. The number of carbonyl (C=O) groups excluding carboxylic acids is 2. The standard InChI is InChI=1S/C13H18ClN3O2/c1-3-7-17(8-11(18)16-2)13(19)9-5-4-6-10(15)12(9)14/h4-6H,3,7-8,15H2,1-2H3,(H,16,18). The van der Waals surface area contributed by atoms with E-state index in [-0.39, 0.29) is 23.4 Å². The number of rotatable bonds is 5. The zero-order valence-electron chi connectivity index (χ0n) is 11.1. The van der Waals surface area contributed by atoms with Crippen molar-refractivity contribution in [2.45, 2.75) is 13.3 Å². The van der Waals surface area contributed by atoms with E-state index < -0.39 is 0 Å². The summed E-state index contributed by atoms with van der Waals surface area (Å²) in [6.45, 7) is 2.43. The lowest BCUT2D eigenvalue weighted by Gasteiger charge is -2.22. The van der Waals surface area contributed by atoms with Gasteiger partial charge < -0.3 is 16.0 Å². The number of nitrogens with zero attached hydrogens (tertiary/aromatic N) is 1. The van der Waals surface area contributed by atoms with Crippen molar-refractivity contribution in [3.05, 3.63) is 28.8 Å². The molecule has 0 aliphatic heterocycles. The average Bonchev–Trinajstić information content (AvgIpc) is 2.40. The summed E-state index contributed by atoms with van der Waals surface area (Å²) in [6.07, 6.45) is 0.753. The second kappa shape index (κ2) is 6.99. The molecule has 5 nitrogen and oxygen atoms in total. The normalized spacial score (nSPS) is 10.1. The van der Waals surface area contributed by atoms with Gasteiger partial charge in [0, 0.05) is 13.6 Å². The summed E-state index contributed by atoms with van der Waals surface area (Å²) in [4.78, 5) is 25.2. The maximum atomic E-state index is 12.4. The molecule has 1 aromatic rings. The van der Waals surface area contributed by atoms with Crippen LogP contribution < -0.4 is 11.1 Å². The van der Waals surface area contributed by atoms with Crippen LogP contribution in [0.15, 0.2) is 18.2 Å². The van der Waals surface area contributed by atoms with Crippen molar-refractivity contribution < 1.29 is 9.59 Å². The van der Waals surface area contributed by atoms with Crippen molar-refractivity contribution in [1.82, 2.24) is 10.2 Å². The van der Waals surface area contributed by atoms with Crippen molar-refractivity contribution in [1.29, 1.82) is 0 Å². The molecule has 0 unspecified atom stereocenters. The number of hydrogen-bond acceptors (Lipinski definition) is 3. The van der Waals surface area contributed by atoms with Gasteiger partial charge in [-0.3, -0.25) is 9.59 Å². The first kappa shape index (κ1) is 15.3. The van der Waals surface area contributed by atoms with Crippen LogP contribution in [-0.2, 0) is 4.79 Å². The average molecular weight is 284 g/mol. The van der Waals surface area contributed by atoms with Crippen LogP contribution in [0.3, 0.4) is 0 Å². The molecule has 0 saturated heterocycles. The highest BCUT2D eigenvalue weighted by atomic mass is 35.5. The number of halogens is 1. The third-order valence-electron chi connectivity index (χ3n) is 2.65. The molecule has 0 bridgehead atoms. The minimum Gasteiger partial charge on any atom is -0.398 e. The van der Waals surface area contributed by atoms with Crippen LogP contribution in [0.25, 0.3) is 0 Å². The molecule has 2 amide bonds. The number of anilines is 1. The Hall–Kier alpha value is -1.75. The number of nitrogens with two attached hydrogens (primary N) is 1. The number of nitrogen functional groups attached to an aromatic ring is 1. The number of nitrogens with one attached hydrogen (secondary N) is 1. The summed E-state index contributed by atoms with van der Waals surface area (Å²) in [5.41, 5.74) is 6.35. The molecule has 0 fully saturated rings. The van der Waals surface area contributed by atoms with Crippen LogP contribution in [-0.4, -0.2) is 36.9 Å². The highest BCUT2D eigenvalue weighted by Gasteiger charge is 2.20. The smallest absolute Gasteiger partial charge is 0.255 e. The topological polar surface area (TPSA) is 75.4 Å². The Balaban J connectivity index is 2.98. The van der Waals surface area contributed by atoms with E-state index in [0.717, 1.165) is 6.42 Å². The summed E-state index contributed by atoms with van der Waals surface area (Å²) in [5.74, 6) is -0.510. The van der Waals surface area contributed by atoms with E-state index in [1.165, 1.54) is 11.9 Å². The van der Waals surface area contributed by atoms with Gasteiger partial charge in [0.25, 0.3) is 5.91 Å². The second-order valence-electron chi connectivity index (χ2n) is 4.11. The predicted octanol–water partition coefficient (Wildman–Crippen LogP) is 1.52. The van der Waals surface area contributed by atoms with Gasteiger partial charge in [-0.15, -0.1) is 0 Å². The molecular formula is C13H18ClN3O2. The Morgan fingerprint density at radius 3 is 2.68 bits per heavy atom. The van der Waals surface area contributed by atoms with Gasteiger partial charge in [-0.05, 0) is 18.6 Å². The monoisotopic (exact) mass is 283 g/mol. The molecule has 3 N–H and O–H groups in total. The fourth-order valence-corrected chi connectivity index (χ4v) is 1.87. The zero-order valence-corrected chi connectivity index (χ0v) is 11.8. The molecule has 0 heterocycles. The summed E-state index contributed by atoms with van der Waals surface area (Å²) in [6, 6.07) is 4.90. The fraction of sp³-hybridized carbons (Fsp3) is 0.385. The Labute approximate surface area is 117 Å². The first-order valence-corrected chi connectivity index (χ1v) is 6.42. The summed E-state index contributed by atoms with van der Waals surface area (Å²) < 4.78 is 0. The van der Waals surface area contributed by atoms with Crippen molar-refractivity contribution in [2.24, 2.45) is 0 Å². The van der Waals surface area contributed by atoms with Gasteiger partial charge in [-0.1, -0.05) is 24.6 Å². The zero-order chi connectivity index (χ0) is 14.4. The summed E-state index contributed by atoms with van der Waals surface area (Å²) >= 11 is 6.03. The van der Waals surface area contributed by atoms with E-state index in [4.69, 9.17) is 17.3 Å². The Kier molecular flexibility index (Phi) is 5.63. The third kappa shape index (κ3) is 3.86. The molecule has 0 saturated carbocycles. The number of hydrogen-bond donors (Lipinski definition) is 2. The van der Waals surface area contributed by atoms with Gasteiger partial charge in [-0.25, -0.2) is 0 Å². The molecule has 6 heteroatoms. The molecule has 0 aliphatic carbocycles. The Morgan fingerprint density at radius 1 is 1.42 bits per heavy atom. The van der Waals surface area contributed by atoms with Crippen molar-refractivity contribution in [3.63, 3.8) is 0 Å². The molecule has 0 radical (unpaired) electrons. The lowest BCUT2D eigenvalue weighted by Crippen LogP contribution is -2.40. The third-order valence-corrected chi connectivity index (χ3v) is 3.07. The molecule has 19 heavy (non-hydrogen) atoms. The number of amides is 2. The van der Waals surface area contributed by atoms with Gasteiger partial charge in [0.1, 0.15) is 0 Å².